The van der Waals surface area contributed by atoms with E-state index in [4.69, 9.17) is 0 Å². The number of nitrogens with zero attached hydrogens (tertiary/aromatic N) is 1. The molecule has 0 aliphatic heterocycles. The lowest BCUT2D eigenvalue weighted by atomic mass is 10.1. The molecule has 1 aromatic carbocycles. The standard InChI is InChI=1S/C15H16N2O/c1-12-11-13(9-10-16-12)7-8-15(18)17-14-5-3-2-4-6-14/h2-6,9-11H,7-8H2,1H3,(H,17,18). The van der Waals surface area contributed by atoms with Crippen LogP contribution in [0.2, 0.25) is 0 Å². The van der Waals surface area contributed by atoms with Crippen LogP contribution < -0.4 is 5.32 Å². The second-order valence-electron chi connectivity index (χ2n) is 4.22. The third-order valence-corrected chi connectivity index (χ3v) is 2.66. The zero-order chi connectivity index (χ0) is 12.8. The molecule has 0 spiro atoms. The van der Waals surface area contributed by atoms with Crippen molar-refractivity contribution in [3.8, 4) is 0 Å². The van der Waals surface area contributed by atoms with Crippen LogP contribution >= 0.6 is 0 Å². The van der Waals surface area contributed by atoms with E-state index in [9.17, 15) is 4.79 Å². The van der Waals surface area contributed by atoms with Gasteiger partial charge in [-0.05, 0) is 43.2 Å². The van der Waals surface area contributed by atoms with Crippen molar-refractivity contribution in [1.82, 2.24) is 4.98 Å². The Morgan fingerprint density at radius 3 is 2.72 bits per heavy atom. The largest absolute Gasteiger partial charge is 0.326 e. The Hall–Kier alpha value is -2.16. The fourth-order valence-corrected chi connectivity index (χ4v) is 1.76. The number of aromatic nitrogens is 1. The number of rotatable bonds is 4. The molecule has 0 fully saturated rings. The maximum Gasteiger partial charge on any atom is 0.224 e. The minimum absolute atomic E-state index is 0.0377. The van der Waals surface area contributed by atoms with Crippen LogP contribution in [0.25, 0.3) is 0 Å². The van der Waals surface area contributed by atoms with Gasteiger partial charge in [0.25, 0.3) is 0 Å². The first-order chi connectivity index (χ1) is 8.74. The fraction of sp³-hybridized carbons (Fsp3) is 0.200. The Kier molecular flexibility index (Phi) is 4.07. The van der Waals surface area contributed by atoms with Gasteiger partial charge in [-0.15, -0.1) is 0 Å². The number of nitrogens with one attached hydrogen (secondary N) is 1. The first-order valence-electron chi connectivity index (χ1n) is 6.00. The summed E-state index contributed by atoms with van der Waals surface area (Å²) in [6.45, 7) is 1.95. The highest BCUT2D eigenvalue weighted by Crippen LogP contribution is 2.08. The van der Waals surface area contributed by atoms with Crippen LogP contribution in [0.15, 0.2) is 48.7 Å². The van der Waals surface area contributed by atoms with Gasteiger partial charge in [0.2, 0.25) is 5.91 Å². The maximum atomic E-state index is 11.7. The topological polar surface area (TPSA) is 42.0 Å². The zero-order valence-electron chi connectivity index (χ0n) is 10.4. The van der Waals surface area contributed by atoms with Crippen LogP contribution in [0, 0.1) is 6.92 Å². The van der Waals surface area contributed by atoms with Gasteiger partial charge in [-0.1, -0.05) is 18.2 Å². The summed E-state index contributed by atoms with van der Waals surface area (Å²) in [5.74, 6) is 0.0377. The summed E-state index contributed by atoms with van der Waals surface area (Å²) in [4.78, 5) is 15.9. The van der Waals surface area contributed by atoms with Crippen LogP contribution in [-0.2, 0) is 11.2 Å². The second-order valence-corrected chi connectivity index (χ2v) is 4.22. The van der Waals surface area contributed by atoms with E-state index in [-0.39, 0.29) is 5.91 Å². The zero-order valence-corrected chi connectivity index (χ0v) is 10.4. The van der Waals surface area contributed by atoms with E-state index in [1.165, 1.54) is 0 Å². The molecule has 3 nitrogen and oxygen atoms in total. The Bertz CT molecular complexity index is 523. The van der Waals surface area contributed by atoms with Crippen LogP contribution in [0.4, 0.5) is 5.69 Å². The number of carbonyl (C=O) groups excluding carboxylic acids is 1. The molecule has 0 saturated heterocycles. The summed E-state index contributed by atoms with van der Waals surface area (Å²) in [5.41, 5.74) is 2.97. The number of para-hydroxylation sites is 1. The molecular weight excluding hydrogens is 224 g/mol. The summed E-state index contributed by atoms with van der Waals surface area (Å²) < 4.78 is 0. The van der Waals surface area contributed by atoms with Gasteiger partial charge in [0.05, 0.1) is 0 Å². The van der Waals surface area contributed by atoms with Crippen LogP contribution in [0.5, 0.6) is 0 Å². The van der Waals surface area contributed by atoms with Crippen molar-refractivity contribution in [2.45, 2.75) is 19.8 Å². The summed E-state index contributed by atoms with van der Waals surface area (Å²) in [6, 6.07) is 13.5. The van der Waals surface area contributed by atoms with Crippen molar-refractivity contribution in [2.75, 3.05) is 5.32 Å². The van der Waals surface area contributed by atoms with E-state index in [0.717, 1.165) is 23.4 Å². The van der Waals surface area contributed by atoms with Gasteiger partial charge in [-0.2, -0.15) is 0 Å². The summed E-state index contributed by atoms with van der Waals surface area (Å²) in [5, 5.41) is 2.87. The van der Waals surface area contributed by atoms with Gasteiger partial charge in [0, 0.05) is 24.0 Å². The van der Waals surface area contributed by atoms with E-state index >= 15 is 0 Å². The summed E-state index contributed by atoms with van der Waals surface area (Å²) in [7, 11) is 0. The Morgan fingerprint density at radius 1 is 1.22 bits per heavy atom. The third-order valence-electron chi connectivity index (χ3n) is 2.66. The minimum Gasteiger partial charge on any atom is -0.326 e. The van der Waals surface area contributed by atoms with Gasteiger partial charge in [0.1, 0.15) is 0 Å². The summed E-state index contributed by atoms with van der Waals surface area (Å²) in [6.07, 6.45) is 3.00. The van der Waals surface area contributed by atoms with E-state index in [1.54, 1.807) is 6.20 Å². The van der Waals surface area contributed by atoms with Crippen molar-refractivity contribution in [3.63, 3.8) is 0 Å². The van der Waals surface area contributed by atoms with Gasteiger partial charge in [-0.3, -0.25) is 9.78 Å². The molecule has 0 aliphatic carbocycles. The molecule has 92 valence electrons. The predicted octanol–water partition coefficient (Wildman–Crippen LogP) is 2.96. The van der Waals surface area contributed by atoms with Crippen molar-refractivity contribution in [3.05, 3.63) is 59.9 Å². The number of pyridine rings is 1. The van der Waals surface area contributed by atoms with Gasteiger partial charge < -0.3 is 5.32 Å². The third kappa shape index (κ3) is 3.70. The molecule has 0 saturated carbocycles. The summed E-state index contributed by atoms with van der Waals surface area (Å²) >= 11 is 0. The highest BCUT2D eigenvalue weighted by Gasteiger charge is 2.03. The fourth-order valence-electron chi connectivity index (χ4n) is 1.76. The van der Waals surface area contributed by atoms with E-state index in [1.807, 2.05) is 49.4 Å². The van der Waals surface area contributed by atoms with Gasteiger partial charge in [0.15, 0.2) is 0 Å². The average Bonchev–Trinajstić information content (AvgIpc) is 2.38. The molecule has 0 radical (unpaired) electrons. The molecule has 2 aromatic rings. The molecular formula is C15H16N2O. The molecule has 0 bridgehead atoms. The van der Waals surface area contributed by atoms with Gasteiger partial charge >= 0.3 is 0 Å². The lowest BCUT2D eigenvalue weighted by Crippen LogP contribution is -2.12. The van der Waals surface area contributed by atoms with Crippen LogP contribution in [0.1, 0.15) is 17.7 Å². The highest BCUT2D eigenvalue weighted by molar-refractivity contribution is 5.90. The van der Waals surface area contributed by atoms with E-state index < -0.39 is 0 Å². The lowest BCUT2D eigenvalue weighted by molar-refractivity contribution is -0.116. The molecule has 2 rings (SSSR count). The molecule has 0 unspecified atom stereocenters. The smallest absolute Gasteiger partial charge is 0.224 e. The SMILES string of the molecule is Cc1cc(CCC(=O)Nc2ccccc2)ccn1. The molecule has 0 atom stereocenters. The lowest BCUT2D eigenvalue weighted by Gasteiger charge is -2.05. The van der Waals surface area contributed by atoms with Crippen molar-refractivity contribution in [2.24, 2.45) is 0 Å². The second kappa shape index (κ2) is 5.96. The van der Waals surface area contributed by atoms with Gasteiger partial charge in [-0.25, -0.2) is 0 Å². The number of hydrogen-bond acceptors (Lipinski definition) is 2. The number of anilines is 1. The number of hydrogen-bond donors (Lipinski definition) is 1. The normalized spacial score (nSPS) is 10.1. The monoisotopic (exact) mass is 240 g/mol. The Balaban J connectivity index is 1.85. The molecule has 1 N–H and O–H groups in total. The number of amides is 1. The van der Waals surface area contributed by atoms with Crippen molar-refractivity contribution >= 4 is 11.6 Å². The van der Waals surface area contributed by atoms with E-state index in [2.05, 4.69) is 10.3 Å². The molecule has 3 heteroatoms. The number of benzene rings is 1. The molecule has 18 heavy (non-hydrogen) atoms. The Labute approximate surface area is 107 Å². The quantitative estimate of drug-likeness (QED) is 0.892. The van der Waals surface area contributed by atoms with E-state index in [0.29, 0.717) is 6.42 Å². The predicted molar refractivity (Wildman–Crippen MR) is 72.4 cm³/mol. The number of carbonyl (C=O) groups is 1. The highest BCUT2D eigenvalue weighted by atomic mass is 16.1. The van der Waals surface area contributed by atoms with Crippen molar-refractivity contribution < 1.29 is 4.79 Å². The molecule has 1 aromatic heterocycles. The minimum atomic E-state index is 0.0377. The first-order valence-corrected chi connectivity index (χ1v) is 6.00. The maximum absolute atomic E-state index is 11.7. The molecule has 1 heterocycles. The average molecular weight is 240 g/mol. The van der Waals surface area contributed by atoms with Crippen molar-refractivity contribution in [1.29, 1.82) is 0 Å². The first kappa shape index (κ1) is 12.3. The molecule has 0 aliphatic rings. The van der Waals surface area contributed by atoms with Crippen LogP contribution in [0.3, 0.4) is 0 Å². The van der Waals surface area contributed by atoms with Crippen LogP contribution in [-0.4, -0.2) is 10.9 Å². The Morgan fingerprint density at radius 2 is 2.00 bits per heavy atom. The molecule has 1 amide bonds. The number of aryl methyl sites for hydroxylation is 2.